The topological polar surface area (TPSA) is 20.3 Å². The molecule has 0 aromatic heterocycles. The maximum atomic E-state index is 11.7. The van der Waals surface area contributed by atoms with E-state index in [9.17, 15) is 4.79 Å². The third-order valence-electron chi connectivity index (χ3n) is 3.79. The molecule has 1 aliphatic heterocycles. The Morgan fingerprint density at radius 3 is 2.88 bits per heavy atom. The summed E-state index contributed by atoms with van der Waals surface area (Å²) in [4.78, 5) is 13.5. The van der Waals surface area contributed by atoms with Crippen LogP contribution in [0.5, 0.6) is 0 Å². The van der Waals surface area contributed by atoms with Crippen molar-refractivity contribution in [2.24, 2.45) is 0 Å². The van der Waals surface area contributed by atoms with Gasteiger partial charge in [0.15, 0.2) is 0 Å². The van der Waals surface area contributed by atoms with Crippen molar-refractivity contribution in [2.75, 3.05) is 11.4 Å². The number of carbonyl (C=O) groups is 1. The van der Waals surface area contributed by atoms with Gasteiger partial charge in [-0.25, -0.2) is 0 Å². The van der Waals surface area contributed by atoms with Gasteiger partial charge in [0.25, 0.3) is 0 Å². The molecular formula is C13H13Cl2NO. The fourth-order valence-corrected chi connectivity index (χ4v) is 3.76. The van der Waals surface area contributed by atoms with Crippen molar-refractivity contribution in [3.8, 4) is 0 Å². The molecule has 2 aliphatic rings. The Balaban J connectivity index is 2.26. The average Bonchev–Trinajstić information content (AvgIpc) is 2.66. The summed E-state index contributed by atoms with van der Waals surface area (Å²) in [6.07, 6.45) is 3.27. The maximum absolute atomic E-state index is 11.7. The van der Waals surface area contributed by atoms with Gasteiger partial charge >= 0.3 is 0 Å². The fourth-order valence-electron chi connectivity index (χ4n) is 3.08. The lowest BCUT2D eigenvalue weighted by atomic mass is 9.84. The third-order valence-corrected chi connectivity index (χ3v) is 4.41. The summed E-state index contributed by atoms with van der Waals surface area (Å²) in [6, 6.07) is 1.78. The molecule has 90 valence electrons. The number of carbonyl (C=O) groups excluding carboxylic acids is 1. The van der Waals surface area contributed by atoms with Crippen molar-refractivity contribution in [2.45, 2.75) is 32.1 Å². The maximum Gasteiger partial charge on any atom is 0.223 e. The molecule has 1 amide bonds. The van der Waals surface area contributed by atoms with E-state index < -0.39 is 0 Å². The van der Waals surface area contributed by atoms with Gasteiger partial charge in [0.1, 0.15) is 0 Å². The van der Waals surface area contributed by atoms with Gasteiger partial charge < -0.3 is 4.90 Å². The number of rotatable bonds is 0. The molecule has 0 saturated carbocycles. The van der Waals surface area contributed by atoms with E-state index in [1.807, 2.05) is 0 Å². The van der Waals surface area contributed by atoms with Crippen LogP contribution in [-0.4, -0.2) is 12.5 Å². The Kier molecular flexibility index (Phi) is 2.60. The Hall–Kier alpha value is -0.730. The normalized spacial score (nSPS) is 21.6. The van der Waals surface area contributed by atoms with Crippen molar-refractivity contribution in [3.63, 3.8) is 0 Å². The van der Waals surface area contributed by atoms with Gasteiger partial charge in [-0.15, -0.1) is 0 Å². The van der Waals surface area contributed by atoms with Crippen LogP contribution in [0.3, 0.4) is 0 Å². The van der Waals surface area contributed by atoms with Gasteiger partial charge in [-0.05, 0) is 36.5 Å². The van der Waals surface area contributed by atoms with E-state index in [1.165, 1.54) is 11.1 Å². The predicted octanol–water partition coefficient (Wildman–Crippen LogP) is 3.78. The molecule has 1 aliphatic carbocycles. The highest BCUT2D eigenvalue weighted by atomic mass is 35.5. The molecule has 0 bridgehead atoms. The molecule has 1 unspecified atom stereocenters. The molecule has 3 rings (SSSR count). The minimum absolute atomic E-state index is 0.0609. The zero-order valence-corrected chi connectivity index (χ0v) is 11.1. The summed E-state index contributed by atoms with van der Waals surface area (Å²) >= 11 is 12.5. The fraction of sp³-hybridized carbons (Fsp3) is 0.462. The largest absolute Gasteiger partial charge is 0.310 e. The molecular weight excluding hydrogens is 257 g/mol. The average molecular weight is 270 g/mol. The number of halogens is 2. The molecule has 0 fully saturated rings. The van der Waals surface area contributed by atoms with Crippen LogP contribution in [0.4, 0.5) is 5.69 Å². The minimum Gasteiger partial charge on any atom is -0.310 e. The lowest BCUT2D eigenvalue weighted by Crippen LogP contribution is -2.27. The lowest BCUT2D eigenvalue weighted by molar-refractivity contribution is -0.116. The molecule has 1 aromatic carbocycles. The number of anilines is 1. The SMILES string of the molecule is CC(=O)N1CC2CCCc3c(Cl)cc(Cl)c1c32. The smallest absolute Gasteiger partial charge is 0.223 e. The van der Waals surface area contributed by atoms with Gasteiger partial charge in [-0.2, -0.15) is 0 Å². The Morgan fingerprint density at radius 1 is 1.41 bits per heavy atom. The number of benzene rings is 1. The second kappa shape index (κ2) is 3.89. The first-order valence-electron chi connectivity index (χ1n) is 5.88. The number of amides is 1. The molecule has 17 heavy (non-hydrogen) atoms. The zero-order chi connectivity index (χ0) is 12.2. The summed E-state index contributed by atoms with van der Waals surface area (Å²) in [5.74, 6) is 0.486. The van der Waals surface area contributed by atoms with E-state index in [1.54, 1.807) is 17.9 Å². The van der Waals surface area contributed by atoms with E-state index >= 15 is 0 Å². The summed E-state index contributed by atoms with van der Waals surface area (Å²) in [5.41, 5.74) is 3.33. The Labute approximate surface area is 111 Å². The molecule has 2 nitrogen and oxygen atoms in total. The van der Waals surface area contributed by atoms with Crippen LogP contribution in [0.1, 0.15) is 36.8 Å². The van der Waals surface area contributed by atoms with Crippen LogP contribution >= 0.6 is 23.2 Å². The second-order valence-corrected chi connectivity index (χ2v) is 5.61. The molecule has 0 N–H and O–H groups in total. The molecule has 0 radical (unpaired) electrons. The van der Waals surface area contributed by atoms with Crippen molar-refractivity contribution in [1.29, 1.82) is 0 Å². The molecule has 1 heterocycles. The van der Waals surface area contributed by atoms with E-state index in [2.05, 4.69) is 0 Å². The first-order valence-corrected chi connectivity index (χ1v) is 6.64. The predicted molar refractivity (Wildman–Crippen MR) is 70.2 cm³/mol. The zero-order valence-electron chi connectivity index (χ0n) is 9.59. The van der Waals surface area contributed by atoms with E-state index in [0.717, 1.165) is 36.5 Å². The van der Waals surface area contributed by atoms with Crippen molar-refractivity contribution < 1.29 is 4.79 Å². The summed E-state index contributed by atoms with van der Waals surface area (Å²) in [6.45, 7) is 2.35. The minimum atomic E-state index is 0.0609. The highest BCUT2D eigenvalue weighted by Crippen LogP contribution is 2.50. The number of hydrogen-bond acceptors (Lipinski definition) is 1. The molecule has 0 spiro atoms. The van der Waals surface area contributed by atoms with Crippen LogP contribution in [-0.2, 0) is 11.2 Å². The third kappa shape index (κ3) is 1.58. The van der Waals surface area contributed by atoms with Gasteiger partial charge in [0.05, 0.1) is 10.7 Å². The highest BCUT2D eigenvalue weighted by molar-refractivity contribution is 6.37. The van der Waals surface area contributed by atoms with Crippen molar-refractivity contribution in [3.05, 3.63) is 27.2 Å². The quantitative estimate of drug-likeness (QED) is 0.702. The van der Waals surface area contributed by atoms with Crippen LogP contribution in [0.25, 0.3) is 0 Å². The van der Waals surface area contributed by atoms with Gasteiger partial charge in [-0.3, -0.25) is 4.79 Å². The van der Waals surface area contributed by atoms with Crippen LogP contribution in [0, 0.1) is 0 Å². The molecule has 0 saturated heterocycles. The van der Waals surface area contributed by atoms with Gasteiger partial charge in [0, 0.05) is 24.4 Å². The highest BCUT2D eigenvalue weighted by Gasteiger charge is 2.37. The van der Waals surface area contributed by atoms with Crippen LogP contribution in [0.15, 0.2) is 6.07 Å². The van der Waals surface area contributed by atoms with Gasteiger partial charge in [-0.1, -0.05) is 23.2 Å². The second-order valence-electron chi connectivity index (χ2n) is 4.80. The number of hydrogen-bond donors (Lipinski definition) is 0. The first-order chi connectivity index (χ1) is 8.09. The lowest BCUT2D eigenvalue weighted by Gasteiger charge is -2.21. The molecule has 4 heteroatoms. The summed E-state index contributed by atoms with van der Waals surface area (Å²) in [7, 11) is 0. The van der Waals surface area contributed by atoms with E-state index in [0.29, 0.717) is 10.9 Å². The standard InChI is InChI=1S/C13H13Cl2NO/c1-7(17)16-6-8-3-2-4-9-10(14)5-11(15)13(16)12(8)9/h5,8H,2-4,6H2,1H3. The Morgan fingerprint density at radius 2 is 2.18 bits per heavy atom. The number of nitrogens with zero attached hydrogens (tertiary/aromatic N) is 1. The molecule has 1 aromatic rings. The van der Waals surface area contributed by atoms with E-state index in [4.69, 9.17) is 23.2 Å². The van der Waals surface area contributed by atoms with Gasteiger partial charge in [0.2, 0.25) is 5.91 Å². The Bertz CT molecular complexity index is 513. The van der Waals surface area contributed by atoms with Crippen LogP contribution < -0.4 is 4.90 Å². The monoisotopic (exact) mass is 269 g/mol. The first kappa shape index (κ1) is 11.4. The van der Waals surface area contributed by atoms with E-state index in [-0.39, 0.29) is 5.91 Å². The molecule has 1 atom stereocenters. The van der Waals surface area contributed by atoms with Crippen molar-refractivity contribution >= 4 is 34.8 Å². The van der Waals surface area contributed by atoms with Crippen LogP contribution in [0.2, 0.25) is 10.0 Å². The summed E-state index contributed by atoms with van der Waals surface area (Å²) in [5, 5.41) is 1.36. The van der Waals surface area contributed by atoms with Crippen molar-refractivity contribution in [1.82, 2.24) is 0 Å². The summed E-state index contributed by atoms with van der Waals surface area (Å²) < 4.78 is 0.